The van der Waals surface area contributed by atoms with Gasteiger partial charge in [0.05, 0.1) is 6.54 Å². The van der Waals surface area contributed by atoms with E-state index in [1.54, 1.807) is 6.92 Å². The van der Waals surface area contributed by atoms with Crippen LogP contribution in [0.15, 0.2) is 16.5 Å². The molecule has 7 nitrogen and oxygen atoms in total. The molecule has 0 aliphatic carbocycles. The Morgan fingerprint density at radius 3 is 2.43 bits per heavy atom. The van der Waals surface area contributed by atoms with Gasteiger partial charge in [-0.1, -0.05) is 20.8 Å². The van der Waals surface area contributed by atoms with Crippen LogP contribution in [0.25, 0.3) is 0 Å². The lowest BCUT2D eigenvalue weighted by Gasteiger charge is -2.35. The molecule has 114 valence electrons. The van der Waals surface area contributed by atoms with Crippen LogP contribution in [-0.4, -0.2) is 33.5 Å². The molecule has 0 aromatic carbocycles. The van der Waals surface area contributed by atoms with Gasteiger partial charge in [0.2, 0.25) is 5.76 Å². The van der Waals surface area contributed by atoms with Gasteiger partial charge in [-0.05, 0) is 24.5 Å². The van der Waals surface area contributed by atoms with Crippen molar-refractivity contribution in [3.05, 3.63) is 23.7 Å². The zero-order chi connectivity index (χ0) is 16.0. The van der Waals surface area contributed by atoms with Crippen molar-refractivity contribution >= 4 is 17.9 Å². The van der Waals surface area contributed by atoms with Gasteiger partial charge in [0.25, 0.3) is 5.91 Å². The SMILES string of the molecule is CC(C)(C)C1(C)NC(=O)N(Cc2ccc(C(=O)O)o2)C1=O. The molecule has 1 saturated heterocycles. The number of hydrogen-bond donors (Lipinski definition) is 2. The molecule has 0 radical (unpaired) electrons. The minimum Gasteiger partial charge on any atom is -0.475 e. The molecule has 1 fully saturated rings. The summed E-state index contributed by atoms with van der Waals surface area (Å²) in [5, 5.41) is 11.5. The quantitative estimate of drug-likeness (QED) is 0.828. The van der Waals surface area contributed by atoms with Gasteiger partial charge in [-0.25, -0.2) is 9.59 Å². The molecular weight excluding hydrogens is 276 g/mol. The molecule has 1 aliphatic rings. The normalized spacial score (nSPS) is 22.6. The third-order valence-corrected chi connectivity index (χ3v) is 3.96. The maximum absolute atomic E-state index is 12.5. The molecular formula is C14H18N2O5. The van der Waals surface area contributed by atoms with Gasteiger partial charge in [-0.3, -0.25) is 9.69 Å². The Labute approximate surface area is 121 Å². The summed E-state index contributed by atoms with van der Waals surface area (Å²) in [5.74, 6) is -1.53. The highest BCUT2D eigenvalue weighted by Crippen LogP contribution is 2.35. The summed E-state index contributed by atoms with van der Waals surface area (Å²) >= 11 is 0. The maximum Gasteiger partial charge on any atom is 0.371 e. The van der Waals surface area contributed by atoms with Gasteiger partial charge in [0.1, 0.15) is 11.3 Å². The zero-order valence-electron chi connectivity index (χ0n) is 12.4. The maximum atomic E-state index is 12.5. The second kappa shape index (κ2) is 4.61. The van der Waals surface area contributed by atoms with Crippen molar-refractivity contribution in [1.82, 2.24) is 10.2 Å². The summed E-state index contributed by atoms with van der Waals surface area (Å²) in [6.07, 6.45) is 0. The first-order chi connectivity index (χ1) is 9.56. The summed E-state index contributed by atoms with van der Waals surface area (Å²) < 4.78 is 5.08. The van der Waals surface area contributed by atoms with Gasteiger partial charge in [0.15, 0.2) is 0 Å². The van der Waals surface area contributed by atoms with E-state index in [0.29, 0.717) is 0 Å². The van der Waals surface area contributed by atoms with Crippen molar-refractivity contribution < 1.29 is 23.9 Å². The van der Waals surface area contributed by atoms with Gasteiger partial charge >= 0.3 is 12.0 Å². The molecule has 0 spiro atoms. The van der Waals surface area contributed by atoms with Gasteiger partial charge in [-0.2, -0.15) is 0 Å². The highest BCUT2D eigenvalue weighted by Gasteiger charge is 2.54. The Morgan fingerprint density at radius 2 is 2.00 bits per heavy atom. The number of amides is 3. The van der Waals surface area contributed by atoms with Crippen molar-refractivity contribution in [2.45, 2.75) is 39.8 Å². The van der Waals surface area contributed by atoms with E-state index >= 15 is 0 Å². The zero-order valence-corrected chi connectivity index (χ0v) is 12.4. The number of carboxylic acid groups (broad SMARTS) is 1. The Morgan fingerprint density at radius 1 is 1.38 bits per heavy atom. The van der Waals surface area contributed by atoms with E-state index in [0.717, 1.165) is 4.90 Å². The van der Waals surface area contributed by atoms with Gasteiger partial charge in [0, 0.05) is 0 Å². The molecule has 1 aromatic rings. The number of imide groups is 1. The van der Waals surface area contributed by atoms with Crippen LogP contribution in [0, 0.1) is 5.41 Å². The first-order valence-electron chi connectivity index (χ1n) is 6.52. The molecule has 1 atom stereocenters. The van der Waals surface area contributed by atoms with Crippen LogP contribution in [0.3, 0.4) is 0 Å². The van der Waals surface area contributed by atoms with Crippen molar-refractivity contribution in [2.24, 2.45) is 5.41 Å². The topological polar surface area (TPSA) is 99.8 Å². The van der Waals surface area contributed by atoms with E-state index in [4.69, 9.17) is 9.52 Å². The average Bonchev–Trinajstić information content (AvgIpc) is 2.89. The number of carbonyl (C=O) groups is 3. The summed E-state index contributed by atoms with van der Waals surface area (Å²) in [6, 6.07) is 2.22. The van der Waals surface area contributed by atoms with Crippen LogP contribution < -0.4 is 5.32 Å². The lowest BCUT2D eigenvalue weighted by atomic mass is 9.75. The molecule has 2 N–H and O–H groups in total. The van der Waals surface area contributed by atoms with E-state index in [9.17, 15) is 14.4 Å². The van der Waals surface area contributed by atoms with E-state index < -0.39 is 23.0 Å². The number of furan rings is 1. The summed E-state index contributed by atoms with van der Waals surface area (Å²) in [4.78, 5) is 36.3. The van der Waals surface area contributed by atoms with Gasteiger partial charge < -0.3 is 14.8 Å². The Kier molecular flexibility index (Phi) is 3.31. The number of aromatic carboxylic acids is 1. The molecule has 0 saturated carbocycles. The number of urea groups is 1. The van der Waals surface area contributed by atoms with Crippen LogP contribution >= 0.6 is 0 Å². The molecule has 2 rings (SSSR count). The van der Waals surface area contributed by atoms with Crippen LogP contribution in [0.5, 0.6) is 0 Å². The standard InChI is InChI=1S/C14H18N2O5/c1-13(2,3)14(4)11(19)16(12(20)15-14)7-8-5-6-9(21-8)10(17)18/h5-6H,7H2,1-4H3,(H,15,20)(H,17,18). The molecule has 1 aliphatic heterocycles. The fourth-order valence-electron chi connectivity index (χ4n) is 2.08. The number of rotatable bonds is 3. The lowest BCUT2D eigenvalue weighted by Crippen LogP contribution is -2.54. The fourth-order valence-corrected chi connectivity index (χ4v) is 2.08. The molecule has 21 heavy (non-hydrogen) atoms. The Balaban J connectivity index is 2.23. The lowest BCUT2D eigenvalue weighted by molar-refractivity contribution is -0.134. The van der Waals surface area contributed by atoms with Crippen LogP contribution in [0.1, 0.15) is 44.0 Å². The number of nitrogens with one attached hydrogen (secondary N) is 1. The molecule has 0 bridgehead atoms. The van der Waals surface area contributed by atoms with Crippen molar-refractivity contribution in [3.63, 3.8) is 0 Å². The summed E-state index contributed by atoms with van der Waals surface area (Å²) in [6.45, 7) is 7.18. The number of carbonyl (C=O) groups excluding carboxylic acids is 2. The minimum absolute atomic E-state index is 0.0936. The first kappa shape index (κ1) is 15.1. The van der Waals surface area contributed by atoms with E-state index in [-0.39, 0.29) is 24.0 Å². The number of carboxylic acids is 1. The molecule has 2 heterocycles. The summed E-state index contributed by atoms with van der Waals surface area (Å²) in [5.41, 5.74) is -1.46. The fraction of sp³-hybridized carbons (Fsp3) is 0.500. The van der Waals surface area contributed by atoms with E-state index in [1.165, 1.54) is 12.1 Å². The average molecular weight is 294 g/mol. The predicted octanol–water partition coefficient (Wildman–Crippen LogP) is 1.83. The molecule has 3 amide bonds. The Bertz CT molecular complexity index is 613. The number of nitrogens with zero attached hydrogens (tertiary/aromatic N) is 1. The monoisotopic (exact) mass is 294 g/mol. The largest absolute Gasteiger partial charge is 0.475 e. The summed E-state index contributed by atoms with van der Waals surface area (Å²) in [7, 11) is 0. The molecule has 7 heteroatoms. The Hall–Kier alpha value is -2.31. The minimum atomic E-state index is -1.20. The van der Waals surface area contributed by atoms with Crippen molar-refractivity contribution in [1.29, 1.82) is 0 Å². The molecule has 1 aromatic heterocycles. The third-order valence-electron chi connectivity index (χ3n) is 3.96. The first-order valence-corrected chi connectivity index (χ1v) is 6.52. The van der Waals surface area contributed by atoms with Crippen LogP contribution in [-0.2, 0) is 11.3 Å². The van der Waals surface area contributed by atoms with Crippen LogP contribution in [0.4, 0.5) is 4.79 Å². The predicted molar refractivity (Wildman–Crippen MR) is 72.6 cm³/mol. The highest BCUT2D eigenvalue weighted by atomic mass is 16.4. The molecule has 1 unspecified atom stereocenters. The van der Waals surface area contributed by atoms with Gasteiger partial charge in [-0.15, -0.1) is 0 Å². The van der Waals surface area contributed by atoms with Crippen molar-refractivity contribution in [3.8, 4) is 0 Å². The third kappa shape index (κ3) is 2.39. The van der Waals surface area contributed by atoms with E-state index in [1.807, 2.05) is 20.8 Å². The second-order valence-electron chi connectivity index (χ2n) is 6.27. The van der Waals surface area contributed by atoms with E-state index in [2.05, 4.69) is 5.32 Å². The van der Waals surface area contributed by atoms with Crippen molar-refractivity contribution in [2.75, 3.05) is 0 Å². The van der Waals surface area contributed by atoms with Crippen LogP contribution in [0.2, 0.25) is 0 Å². The second-order valence-corrected chi connectivity index (χ2v) is 6.27. The smallest absolute Gasteiger partial charge is 0.371 e. The number of hydrogen-bond acceptors (Lipinski definition) is 4. The highest BCUT2D eigenvalue weighted by molar-refractivity contribution is 6.07.